The van der Waals surface area contributed by atoms with Gasteiger partial charge in [0.1, 0.15) is 0 Å². The number of hydrogen-bond acceptors (Lipinski definition) is 3. The summed E-state index contributed by atoms with van der Waals surface area (Å²) in [6.07, 6.45) is 3.55. The monoisotopic (exact) mass is 225 g/mol. The van der Waals surface area contributed by atoms with E-state index in [4.69, 9.17) is 0 Å². The Labute approximate surface area is 95.3 Å². The first kappa shape index (κ1) is 11.1. The molecule has 2 nitrogen and oxygen atoms in total. The molecule has 1 aliphatic carbocycles. The quantitative estimate of drug-likeness (QED) is 0.779. The van der Waals surface area contributed by atoms with Crippen LogP contribution in [0.3, 0.4) is 0 Å². The predicted molar refractivity (Wildman–Crippen MR) is 64.0 cm³/mol. The number of nitrogens with one attached hydrogen (secondary N) is 1. The van der Waals surface area contributed by atoms with Gasteiger partial charge in [-0.2, -0.15) is 0 Å². The van der Waals surface area contributed by atoms with Gasteiger partial charge in [0.05, 0.1) is 6.61 Å². The van der Waals surface area contributed by atoms with Crippen LogP contribution >= 0.6 is 11.3 Å². The van der Waals surface area contributed by atoms with Crippen LogP contribution in [0.1, 0.15) is 31.1 Å². The Morgan fingerprint density at radius 2 is 2.40 bits per heavy atom. The third-order valence-electron chi connectivity index (χ3n) is 3.47. The van der Waals surface area contributed by atoms with Crippen molar-refractivity contribution in [3.05, 3.63) is 22.4 Å². The van der Waals surface area contributed by atoms with Crippen molar-refractivity contribution in [1.29, 1.82) is 0 Å². The topological polar surface area (TPSA) is 32.3 Å². The standard InChI is InChI=1S/C12H19NOS/c1-2-12(9-14,10-5-6-10)13-8-11-4-3-7-15-11/h3-4,7,10,13-14H,2,5-6,8-9H2,1H3. The Hall–Kier alpha value is -0.380. The molecule has 84 valence electrons. The van der Waals surface area contributed by atoms with Crippen LogP contribution in [0.25, 0.3) is 0 Å². The first-order valence-electron chi connectivity index (χ1n) is 5.69. The predicted octanol–water partition coefficient (Wildman–Crippen LogP) is 2.39. The average Bonchev–Trinajstić information content (AvgIpc) is 2.99. The molecule has 3 heteroatoms. The molecule has 0 amide bonds. The van der Waals surface area contributed by atoms with Crippen molar-refractivity contribution < 1.29 is 5.11 Å². The highest BCUT2D eigenvalue weighted by Gasteiger charge is 2.42. The Kier molecular flexibility index (Phi) is 3.44. The van der Waals surface area contributed by atoms with Gasteiger partial charge in [-0.1, -0.05) is 13.0 Å². The molecule has 1 aliphatic rings. The summed E-state index contributed by atoms with van der Waals surface area (Å²) in [4.78, 5) is 1.35. The molecule has 0 aromatic carbocycles. The fourth-order valence-electron chi connectivity index (χ4n) is 2.17. The molecular weight excluding hydrogens is 206 g/mol. The van der Waals surface area contributed by atoms with Crippen LogP contribution in [0.5, 0.6) is 0 Å². The molecule has 2 N–H and O–H groups in total. The molecule has 0 saturated heterocycles. The van der Waals surface area contributed by atoms with E-state index >= 15 is 0 Å². The Morgan fingerprint density at radius 1 is 1.60 bits per heavy atom. The summed E-state index contributed by atoms with van der Waals surface area (Å²) < 4.78 is 0. The minimum Gasteiger partial charge on any atom is -0.394 e. The van der Waals surface area contributed by atoms with Gasteiger partial charge in [-0.3, -0.25) is 0 Å². The lowest BCUT2D eigenvalue weighted by Gasteiger charge is -2.32. The minimum absolute atomic E-state index is 0.0238. The Balaban J connectivity index is 1.94. The zero-order chi connectivity index (χ0) is 10.7. The fourth-order valence-corrected chi connectivity index (χ4v) is 2.81. The molecule has 2 rings (SSSR count). The molecule has 1 unspecified atom stereocenters. The smallest absolute Gasteiger partial charge is 0.0616 e. The van der Waals surface area contributed by atoms with Crippen LogP contribution in [0, 0.1) is 5.92 Å². The van der Waals surface area contributed by atoms with Crippen LogP contribution in [0.4, 0.5) is 0 Å². The highest BCUT2D eigenvalue weighted by molar-refractivity contribution is 7.09. The van der Waals surface area contributed by atoms with Gasteiger partial charge in [-0.15, -0.1) is 11.3 Å². The molecule has 0 bridgehead atoms. The molecule has 1 atom stereocenters. The van der Waals surface area contributed by atoms with Gasteiger partial charge < -0.3 is 10.4 Å². The van der Waals surface area contributed by atoms with Crippen molar-refractivity contribution in [2.75, 3.05) is 6.61 Å². The fraction of sp³-hybridized carbons (Fsp3) is 0.667. The maximum Gasteiger partial charge on any atom is 0.0616 e. The van der Waals surface area contributed by atoms with Gasteiger partial charge in [-0.25, -0.2) is 0 Å². The Morgan fingerprint density at radius 3 is 2.87 bits per heavy atom. The molecule has 1 saturated carbocycles. The lowest BCUT2D eigenvalue weighted by molar-refractivity contribution is 0.134. The van der Waals surface area contributed by atoms with Gasteiger partial charge in [0, 0.05) is 17.0 Å². The van der Waals surface area contributed by atoms with E-state index in [1.165, 1.54) is 17.7 Å². The second kappa shape index (κ2) is 4.64. The molecule has 1 aromatic heterocycles. The zero-order valence-corrected chi connectivity index (χ0v) is 10.0. The van der Waals surface area contributed by atoms with E-state index in [9.17, 15) is 5.11 Å². The summed E-state index contributed by atoms with van der Waals surface area (Å²) in [7, 11) is 0. The van der Waals surface area contributed by atoms with E-state index < -0.39 is 0 Å². The maximum absolute atomic E-state index is 9.56. The highest BCUT2D eigenvalue weighted by atomic mass is 32.1. The minimum atomic E-state index is -0.0238. The van der Waals surface area contributed by atoms with Crippen LogP contribution in [0.15, 0.2) is 17.5 Å². The summed E-state index contributed by atoms with van der Waals surface area (Å²) >= 11 is 1.77. The summed E-state index contributed by atoms with van der Waals surface area (Å²) in [5.74, 6) is 0.687. The van der Waals surface area contributed by atoms with Crippen LogP contribution in [-0.4, -0.2) is 17.3 Å². The third-order valence-corrected chi connectivity index (χ3v) is 4.34. The van der Waals surface area contributed by atoms with E-state index in [2.05, 4.69) is 29.8 Å². The van der Waals surface area contributed by atoms with E-state index in [0.29, 0.717) is 5.92 Å². The Bertz CT molecular complexity index is 289. The number of hydrogen-bond donors (Lipinski definition) is 2. The van der Waals surface area contributed by atoms with Gasteiger partial charge in [0.15, 0.2) is 0 Å². The molecule has 1 aromatic rings. The molecule has 0 spiro atoms. The van der Waals surface area contributed by atoms with Gasteiger partial charge in [0.25, 0.3) is 0 Å². The highest BCUT2D eigenvalue weighted by Crippen LogP contribution is 2.41. The van der Waals surface area contributed by atoms with Crippen LogP contribution in [0.2, 0.25) is 0 Å². The molecule has 0 radical (unpaired) electrons. The summed E-state index contributed by atoms with van der Waals surface area (Å²) in [6, 6.07) is 4.22. The van der Waals surface area contributed by atoms with Crippen molar-refractivity contribution in [2.24, 2.45) is 5.92 Å². The number of thiophene rings is 1. The second-order valence-electron chi connectivity index (χ2n) is 4.37. The van der Waals surface area contributed by atoms with Gasteiger partial charge in [-0.05, 0) is 36.6 Å². The van der Waals surface area contributed by atoms with Crippen LogP contribution < -0.4 is 5.32 Å². The SMILES string of the molecule is CCC(CO)(NCc1cccs1)C1CC1. The average molecular weight is 225 g/mol. The van der Waals surface area contributed by atoms with Crippen molar-refractivity contribution in [1.82, 2.24) is 5.32 Å². The maximum atomic E-state index is 9.56. The van der Waals surface area contributed by atoms with E-state index in [-0.39, 0.29) is 12.1 Å². The van der Waals surface area contributed by atoms with Gasteiger partial charge >= 0.3 is 0 Å². The van der Waals surface area contributed by atoms with Crippen molar-refractivity contribution in [3.63, 3.8) is 0 Å². The van der Waals surface area contributed by atoms with Crippen molar-refractivity contribution in [3.8, 4) is 0 Å². The number of rotatable bonds is 6. The first-order chi connectivity index (χ1) is 7.30. The van der Waals surface area contributed by atoms with E-state index in [0.717, 1.165) is 13.0 Å². The summed E-state index contributed by atoms with van der Waals surface area (Å²) in [5.41, 5.74) is -0.0238. The van der Waals surface area contributed by atoms with E-state index in [1.807, 2.05) is 0 Å². The van der Waals surface area contributed by atoms with Crippen molar-refractivity contribution >= 4 is 11.3 Å². The van der Waals surface area contributed by atoms with Gasteiger partial charge in [0.2, 0.25) is 0 Å². The molecular formula is C12H19NOS. The van der Waals surface area contributed by atoms with Crippen LogP contribution in [-0.2, 0) is 6.54 Å². The molecule has 1 heterocycles. The lowest BCUT2D eigenvalue weighted by atomic mass is 9.91. The molecule has 15 heavy (non-hydrogen) atoms. The zero-order valence-electron chi connectivity index (χ0n) is 9.20. The summed E-state index contributed by atoms with van der Waals surface area (Å²) in [5, 5.41) is 15.2. The second-order valence-corrected chi connectivity index (χ2v) is 5.41. The first-order valence-corrected chi connectivity index (χ1v) is 6.57. The lowest BCUT2D eigenvalue weighted by Crippen LogP contribution is -2.49. The van der Waals surface area contributed by atoms with Crippen molar-refractivity contribution in [2.45, 2.75) is 38.3 Å². The third kappa shape index (κ3) is 2.41. The summed E-state index contributed by atoms with van der Waals surface area (Å²) in [6.45, 7) is 3.32. The number of aliphatic hydroxyl groups is 1. The van der Waals surface area contributed by atoms with E-state index in [1.54, 1.807) is 11.3 Å². The molecule has 0 aliphatic heterocycles. The largest absolute Gasteiger partial charge is 0.394 e. The number of aliphatic hydroxyl groups excluding tert-OH is 1. The molecule has 1 fully saturated rings. The normalized spacial score (nSPS) is 20.1.